The van der Waals surface area contributed by atoms with Gasteiger partial charge in [0.15, 0.2) is 5.13 Å². The fraction of sp³-hybridized carbons (Fsp3) is 0.158. The van der Waals surface area contributed by atoms with Crippen LogP contribution in [0, 0.1) is 5.82 Å². The van der Waals surface area contributed by atoms with Crippen LogP contribution in [0.4, 0.5) is 9.52 Å². The average Bonchev–Trinajstić information content (AvgIpc) is 2.98. The second kappa shape index (κ2) is 8.16. The highest BCUT2D eigenvalue weighted by molar-refractivity contribution is 7.16. The maximum absolute atomic E-state index is 13.2. The fourth-order valence-electron chi connectivity index (χ4n) is 2.47. The number of benzene rings is 2. The molecular formula is C19H15Cl2FN2OS. The van der Waals surface area contributed by atoms with Crippen molar-refractivity contribution in [2.75, 3.05) is 5.32 Å². The molecule has 2 aromatic carbocycles. The standard InChI is InChI=1S/C19H15Cl2FN2OS/c1-2-3-16-17(11-4-7-13(22)8-5-11)23-19(26-16)24-18(25)14-9-6-12(20)10-15(14)21/h4-10H,2-3H2,1H3,(H,23,24,25). The van der Waals surface area contributed by atoms with Gasteiger partial charge in [-0.05, 0) is 48.9 Å². The van der Waals surface area contributed by atoms with Crippen molar-refractivity contribution in [3.8, 4) is 11.3 Å². The normalized spacial score (nSPS) is 10.8. The molecule has 7 heteroatoms. The molecule has 3 nitrogen and oxygen atoms in total. The lowest BCUT2D eigenvalue weighted by atomic mass is 10.1. The summed E-state index contributed by atoms with van der Waals surface area (Å²) in [6.45, 7) is 2.07. The number of carbonyl (C=O) groups is 1. The molecule has 0 aliphatic carbocycles. The summed E-state index contributed by atoms with van der Waals surface area (Å²) >= 11 is 13.4. The number of amides is 1. The molecule has 0 saturated carbocycles. The molecule has 134 valence electrons. The van der Waals surface area contributed by atoms with Crippen molar-refractivity contribution in [2.45, 2.75) is 19.8 Å². The lowest BCUT2D eigenvalue weighted by Crippen LogP contribution is -2.12. The zero-order chi connectivity index (χ0) is 18.7. The molecule has 0 unspecified atom stereocenters. The number of thiazole rings is 1. The van der Waals surface area contributed by atoms with E-state index < -0.39 is 0 Å². The third-order valence-corrected chi connectivity index (χ3v) is 5.27. The second-order valence-electron chi connectivity index (χ2n) is 5.63. The number of nitrogens with one attached hydrogen (secondary N) is 1. The van der Waals surface area contributed by atoms with Gasteiger partial charge in [-0.1, -0.05) is 36.5 Å². The molecule has 1 heterocycles. The van der Waals surface area contributed by atoms with Gasteiger partial charge in [0.2, 0.25) is 0 Å². The lowest BCUT2D eigenvalue weighted by molar-refractivity contribution is 0.102. The third-order valence-electron chi connectivity index (χ3n) is 3.69. The first-order valence-electron chi connectivity index (χ1n) is 8.00. The van der Waals surface area contributed by atoms with Gasteiger partial charge in [-0.2, -0.15) is 0 Å². The first-order chi connectivity index (χ1) is 12.5. The zero-order valence-electron chi connectivity index (χ0n) is 13.9. The number of halogens is 3. The van der Waals surface area contributed by atoms with Crippen LogP contribution in [-0.2, 0) is 6.42 Å². The summed E-state index contributed by atoms with van der Waals surface area (Å²) in [6.07, 6.45) is 1.76. The molecule has 1 N–H and O–H groups in total. The van der Waals surface area contributed by atoms with E-state index in [0.29, 0.717) is 15.7 Å². The van der Waals surface area contributed by atoms with Crippen LogP contribution in [0.15, 0.2) is 42.5 Å². The van der Waals surface area contributed by atoms with E-state index in [0.717, 1.165) is 29.0 Å². The molecule has 3 rings (SSSR count). The average molecular weight is 409 g/mol. The highest BCUT2D eigenvalue weighted by atomic mass is 35.5. The summed E-state index contributed by atoms with van der Waals surface area (Å²) in [5.41, 5.74) is 1.90. The summed E-state index contributed by atoms with van der Waals surface area (Å²) in [7, 11) is 0. The van der Waals surface area contributed by atoms with Crippen molar-refractivity contribution in [1.29, 1.82) is 0 Å². The van der Waals surface area contributed by atoms with Crippen molar-refractivity contribution >= 4 is 45.6 Å². The van der Waals surface area contributed by atoms with Crippen LogP contribution < -0.4 is 5.32 Å². The third kappa shape index (κ3) is 4.23. The monoisotopic (exact) mass is 408 g/mol. The summed E-state index contributed by atoms with van der Waals surface area (Å²) < 4.78 is 13.2. The van der Waals surface area contributed by atoms with Crippen LogP contribution in [0.2, 0.25) is 10.0 Å². The molecular weight excluding hydrogens is 394 g/mol. The highest BCUT2D eigenvalue weighted by Gasteiger charge is 2.17. The van der Waals surface area contributed by atoms with E-state index in [9.17, 15) is 9.18 Å². The van der Waals surface area contributed by atoms with Gasteiger partial charge in [-0.3, -0.25) is 10.1 Å². The van der Waals surface area contributed by atoms with E-state index in [2.05, 4.69) is 17.2 Å². The number of aromatic nitrogens is 1. The quantitative estimate of drug-likeness (QED) is 0.525. The van der Waals surface area contributed by atoms with Crippen LogP contribution in [0.5, 0.6) is 0 Å². The minimum Gasteiger partial charge on any atom is -0.298 e. The second-order valence-corrected chi connectivity index (χ2v) is 7.55. The Morgan fingerprint density at radius 3 is 2.58 bits per heavy atom. The molecule has 0 saturated heterocycles. The largest absolute Gasteiger partial charge is 0.298 e. The number of hydrogen-bond donors (Lipinski definition) is 1. The van der Waals surface area contributed by atoms with Gasteiger partial charge in [0.1, 0.15) is 5.82 Å². The maximum atomic E-state index is 13.2. The predicted octanol–water partition coefficient (Wildman–Crippen LogP) is 6.46. The van der Waals surface area contributed by atoms with Gasteiger partial charge >= 0.3 is 0 Å². The molecule has 0 fully saturated rings. The fourth-order valence-corrected chi connectivity index (χ4v) is 4.05. The Morgan fingerprint density at radius 2 is 1.92 bits per heavy atom. The van der Waals surface area contributed by atoms with Crippen molar-refractivity contribution in [3.05, 3.63) is 68.8 Å². The van der Waals surface area contributed by atoms with E-state index in [1.807, 2.05) is 0 Å². The van der Waals surface area contributed by atoms with Gasteiger partial charge in [-0.15, -0.1) is 11.3 Å². The van der Waals surface area contributed by atoms with Crippen molar-refractivity contribution in [1.82, 2.24) is 4.98 Å². The predicted molar refractivity (Wildman–Crippen MR) is 106 cm³/mol. The number of nitrogens with zero attached hydrogens (tertiary/aromatic N) is 1. The summed E-state index contributed by atoms with van der Waals surface area (Å²) in [6, 6.07) is 10.9. The van der Waals surface area contributed by atoms with Crippen molar-refractivity contribution in [2.24, 2.45) is 0 Å². The van der Waals surface area contributed by atoms with E-state index >= 15 is 0 Å². The number of hydrogen-bond acceptors (Lipinski definition) is 3. The Bertz CT molecular complexity index is 941. The van der Waals surface area contributed by atoms with E-state index in [4.69, 9.17) is 23.2 Å². The first-order valence-corrected chi connectivity index (χ1v) is 9.57. The van der Waals surface area contributed by atoms with Gasteiger partial charge in [0.25, 0.3) is 5.91 Å². The molecule has 1 aromatic heterocycles. The smallest absolute Gasteiger partial charge is 0.258 e. The SMILES string of the molecule is CCCc1sc(NC(=O)c2ccc(Cl)cc2Cl)nc1-c1ccc(F)cc1. The first kappa shape index (κ1) is 18.8. The molecule has 26 heavy (non-hydrogen) atoms. The summed E-state index contributed by atoms with van der Waals surface area (Å²) in [4.78, 5) is 18.1. The van der Waals surface area contributed by atoms with Crippen LogP contribution >= 0.6 is 34.5 Å². The highest BCUT2D eigenvalue weighted by Crippen LogP contribution is 2.33. The van der Waals surface area contributed by atoms with Crippen molar-refractivity contribution < 1.29 is 9.18 Å². The van der Waals surface area contributed by atoms with Crippen LogP contribution in [-0.4, -0.2) is 10.9 Å². The molecule has 3 aromatic rings. The lowest BCUT2D eigenvalue weighted by Gasteiger charge is -2.04. The van der Waals surface area contributed by atoms with E-state index in [1.54, 1.807) is 24.3 Å². The minimum absolute atomic E-state index is 0.277. The molecule has 0 radical (unpaired) electrons. The molecule has 0 atom stereocenters. The number of anilines is 1. The van der Waals surface area contributed by atoms with Gasteiger partial charge < -0.3 is 0 Å². The van der Waals surface area contributed by atoms with Crippen LogP contribution in [0.3, 0.4) is 0 Å². The molecule has 1 amide bonds. The van der Waals surface area contributed by atoms with Gasteiger partial charge in [0.05, 0.1) is 16.3 Å². The van der Waals surface area contributed by atoms with Crippen molar-refractivity contribution in [3.63, 3.8) is 0 Å². The minimum atomic E-state index is -0.353. The van der Waals surface area contributed by atoms with Crippen LogP contribution in [0.25, 0.3) is 11.3 Å². The summed E-state index contributed by atoms with van der Waals surface area (Å²) in [5, 5.41) is 4.00. The topological polar surface area (TPSA) is 42.0 Å². The Morgan fingerprint density at radius 1 is 1.19 bits per heavy atom. The molecule has 0 spiro atoms. The number of rotatable bonds is 5. The Kier molecular flexibility index (Phi) is 5.91. The molecule has 0 aliphatic rings. The molecule has 0 aliphatic heterocycles. The van der Waals surface area contributed by atoms with Gasteiger partial charge in [-0.25, -0.2) is 9.37 Å². The number of carbonyl (C=O) groups excluding carboxylic acids is 1. The maximum Gasteiger partial charge on any atom is 0.258 e. The molecule has 0 bridgehead atoms. The van der Waals surface area contributed by atoms with E-state index in [-0.39, 0.29) is 16.7 Å². The Labute approximate surface area is 164 Å². The van der Waals surface area contributed by atoms with Gasteiger partial charge in [0, 0.05) is 15.5 Å². The number of aryl methyl sites for hydroxylation is 1. The zero-order valence-corrected chi connectivity index (χ0v) is 16.2. The summed E-state index contributed by atoms with van der Waals surface area (Å²) in [5.74, 6) is -0.652. The Hall–Kier alpha value is -1.95. The van der Waals surface area contributed by atoms with Crippen LogP contribution in [0.1, 0.15) is 28.6 Å². The Balaban J connectivity index is 1.89. The van der Waals surface area contributed by atoms with E-state index in [1.165, 1.54) is 29.5 Å².